The number of para-hydroxylation sites is 1. The molecule has 9 heteroatoms. The lowest BCUT2D eigenvalue weighted by Crippen LogP contribution is -2.45. The van der Waals surface area contributed by atoms with Crippen LogP contribution in [0.3, 0.4) is 0 Å². The Morgan fingerprint density at radius 3 is 2.77 bits per heavy atom. The summed E-state index contributed by atoms with van der Waals surface area (Å²) < 4.78 is 10.7. The van der Waals surface area contributed by atoms with Crippen molar-refractivity contribution >= 4 is 40.2 Å². The number of methoxy groups -OCH3 is 1. The molecule has 1 heterocycles. The average Bonchev–Trinajstić information content (AvgIpc) is 3.16. The highest BCUT2D eigenvalue weighted by atomic mass is 35.5. The van der Waals surface area contributed by atoms with Crippen molar-refractivity contribution in [3.63, 3.8) is 0 Å². The number of esters is 1. The van der Waals surface area contributed by atoms with Gasteiger partial charge in [-0.15, -0.1) is 0 Å². The van der Waals surface area contributed by atoms with E-state index in [4.69, 9.17) is 26.8 Å². The van der Waals surface area contributed by atoms with Crippen LogP contribution in [0.5, 0.6) is 5.75 Å². The maximum absolute atomic E-state index is 12.7. The lowest BCUT2D eigenvalue weighted by Gasteiger charge is -2.19. The molecule has 0 radical (unpaired) electrons. The van der Waals surface area contributed by atoms with Gasteiger partial charge in [-0.3, -0.25) is 0 Å². The normalized spacial score (nSPS) is 11.7. The van der Waals surface area contributed by atoms with E-state index in [-0.39, 0.29) is 29.0 Å². The van der Waals surface area contributed by atoms with Gasteiger partial charge in [0, 0.05) is 29.7 Å². The lowest BCUT2D eigenvalue weighted by atomic mass is 10.1. The maximum Gasteiger partial charge on any atom is 0.342 e. The van der Waals surface area contributed by atoms with E-state index >= 15 is 0 Å². The third kappa shape index (κ3) is 5.40. The molecule has 3 aromatic rings. The van der Waals surface area contributed by atoms with Crippen molar-refractivity contribution in [2.75, 3.05) is 26.0 Å². The summed E-state index contributed by atoms with van der Waals surface area (Å²) in [5.41, 5.74) is 8.22. The van der Waals surface area contributed by atoms with Crippen molar-refractivity contribution in [1.29, 1.82) is 0 Å². The Hall–Kier alpha value is -3.39. The molecule has 1 atom stereocenters. The zero-order valence-electron chi connectivity index (χ0n) is 17.3. The van der Waals surface area contributed by atoms with Gasteiger partial charge < -0.3 is 30.8 Å². The zero-order valence-corrected chi connectivity index (χ0v) is 18.1. The molecular formula is C22H25ClN4O4. The van der Waals surface area contributed by atoms with Crippen molar-refractivity contribution in [3.05, 3.63) is 58.7 Å². The minimum atomic E-state index is -0.625. The number of hydrogen-bond donors (Lipinski definition) is 4. The highest BCUT2D eigenvalue weighted by molar-refractivity contribution is 6.33. The molecule has 1 aromatic heterocycles. The molecule has 5 N–H and O–H groups in total. The minimum absolute atomic E-state index is 0.0410. The molecule has 31 heavy (non-hydrogen) atoms. The number of ether oxygens (including phenoxy) is 2. The number of halogens is 1. The van der Waals surface area contributed by atoms with Gasteiger partial charge in [0.05, 0.1) is 23.9 Å². The molecule has 0 bridgehead atoms. The van der Waals surface area contributed by atoms with Gasteiger partial charge in [-0.1, -0.05) is 29.8 Å². The van der Waals surface area contributed by atoms with Crippen LogP contribution in [-0.2, 0) is 11.2 Å². The van der Waals surface area contributed by atoms with Crippen molar-refractivity contribution in [2.24, 2.45) is 0 Å². The summed E-state index contributed by atoms with van der Waals surface area (Å²) in [6, 6.07) is 9.95. The van der Waals surface area contributed by atoms with E-state index in [1.54, 1.807) is 0 Å². The monoisotopic (exact) mass is 444 g/mol. The average molecular weight is 445 g/mol. The number of urea groups is 1. The van der Waals surface area contributed by atoms with Crippen LogP contribution in [0, 0.1) is 0 Å². The van der Waals surface area contributed by atoms with E-state index in [1.807, 2.05) is 37.4 Å². The number of rotatable bonds is 8. The first-order valence-electron chi connectivity index (χ1n) is 9.82. The molecule has 0 saturated heterocycles. The van der Waals surface area contributed by atoms with Crippen LogP contribution >= 0.6 is 11.6 Å². The lowest BCUT2D eigenvalue weighted by molar-refractivity contribution is 0.0465. The van der Waals surface area contributed by atoms with Crippen LogP contribution in [0.1, 0.15) is 22.8 Å². The Morgan fingerprint density at radius 2 is 2.03 bits per heavy atom. The third-order valence-corrected chi connectivity index (χ3v) is 5.10. The van der Waals surface area contributed by atoms with Crippen LogP contribution in [0.25, 0.3) is 10.9 Å². The van der Waals surface area contributed by atoms with E-state index in [2.05, 4.69) is 15.6 Å². The molecular weight excluding hydrogens is 420 g/mol. The van der Waals surface area contributed by atoms with E-state index in [0.717, 1.165) is 16.5 Å². The van der Waals surface area contributed by atoms with Crippen LogP contribution in [0.4, 0.5) is 10.5 Å². The summed E-state index contributed by atoms with van der Waals surface area (Å²) in [6.45, 7) is 2.26. The number of fused-ring (bicyclic) bond motifs is 1. The number of aromatic amines is 1. The second kappa shape index (κ2) is 10.1. The van der Waals surface area contributed by atoms with Gasteiger partial charge in [0.2, 0.25) is 0 Å². The molecule has 0 aliphatic carbocycles. The Bertz CT molecular complexity index is 1080. The number of anilines is 1. The smallest absolute Gasteiger partial charge is 0.342 e. The summed E-state index contributed by atoms with van der Waals surface area (Å²) in [6.07, 6.45) is 2.36. The second-order valence-electron chi connectivity index (χ2n) is 6.94. The summed E-state index contributed by atoms with van der Waals surface area (Å²) in [4.78, 5) is 28.0. The van der Waals surface area contributed by atoms with Crippen LogP contribution in [-0.4, -0.2) is 43.3 Å². The third-order valence-electron chi connectivity index (χ3n) is 4.77. The Labute approximate surface area is 185 Å². The topological polar surface area (TPSA) is 118 Å². The van der Waals surface area contributed by atoms with Crippen LogP contribution in [0.2, 0.25) is 5.02 Å². The predicted molar refractivity (Wildman–Crippen MR) is 121 cm³/mol. The zero-order chi connectivity index (χ0) is 22.4. The number of amides is 2. The molecule has 0 aliphatic heterocycles. The number of H-pyrrole nitrogens is 1. The van der Waals surface area contributed by atoms with Crippen molar-refractivity contribution in [2.45, 2.75) is 19.4 Å². The van der Waals surface area contributed by atoms with Gasteiger partial charge in [0.25, 0.3) is 0 Å². The molecule has 2 aromatic carbocycles. The summed E-state index contributed by atoms with van der Waals surface area (Å²) in [5.74, 6) is -0.364. The highest BCUT2D eigenvalue weighted by Crippen LogP contribution is 2.29. The number of nitrogens with one attached hydrogen (secondary N) is 3. The number of carbonyl (C=O) groups is 2. The Kier molecular flexibility index (Phi) is 7.25. The standard InChI is InChI=1S/C22H25ClN4O4/c1-3-25-22(29)27-14(8-13-11-26-19-7-5-4-6-15(13)19)12-31-21(28)16-9-17(23)18(24)10-20(16)30-2/h4-7,9-11,14,26H,3,8,12,24H2,1-2H3,(H2,25,27,29). The Balaban J connectivity index is 1.76. The van der Waals surface area contributed by atoms with Crippen molar-refractivity contribution in [3.8, 4) is 5.75 Å². The van der Waals surface area contributed by atoms with E-state index < -0.39 is 12.0 Å². The second-order valence-corrected chi connectivity index (χ2v) is 7.34. The summed E-state index contributed by atoms with van der Waals surface area (Å²) in [5, 5.41) is 6.82. The minimum Gasteiger partial charge on any atom is -0.496 e. The van der Waals surface area contributed by atoms with Gasteiger partial charge in [-0.2, -0.15) is 0 Å². The van der Waals surface area contributed by atoms with E-state index in [1.165, 1.54) is 19.2 Å². The first kappa shape index (κ1) is 22.3. The molecule has 164 valence electrons. The number of nitrogen functional groups attached to an aromatic ring is 1. The first-order chi connectivity index (χ1) is 14.9. The molecule has 2 amide bonds. The molecule has 3 rings (SSSR count). The van der Waals surface area contributed by atoms with Crippen LogP contribution in [0.15, 0.2) is 42.6 Å². The number of hydrogen-bond acceptors (Lipinski definition) is 5. The van der Waals surface area contributed by atoms with Crippen molar-refractivity contribution in [1.82, 2.24) is 15.6 Å². The van der Waals surface area contributed by atoms with Gasteiger partial charge >= 0.3 is 12.0 Å². The van der Waals surface area contributed by atoms with Gasteiger partial charge in [-0.25, -0.2) is 9.59 Å². The molecule has 0 aliphatic rings. The van der Waals surface area contributed by atoms with E-state index in [0.29, 0.717) is 18.7 Å². The van der Waals surface area contributed by atoms with Crippen LogP contribution < -0.4 is 21.1 Å². The highest BCUT2D eigenvalue weighted by Gasteiger charge is 2.21. The number of benzene rings is 2. The van der Waals surface area contributed by atoms with Gasteiger partial charge in [0.15, 0.2) is 0 Å². The maximum atomic E-state index is 12.7. The van der Waals surface area contributed by atoms with Crippen molar-refractivity contribution < 1.29 is 19.1 Å². The fraction of sp³-hybridized carbons (Fsp3) is 0.273. The summed E-state index contributed by atoms with van der Waals surface area (Å²) >= 11 is 6.05. The molecule has 1 unspecified atom stereocenters. The van der Waals surface area contributed by atoms with Gasteiger partial charge in [-0.05, 0) is 31.0 Å². The fourth-order valence-corrected chi connectivity index (χ4v) is 3.43. The SMILES string of the molecule is CCNC(=O)NC(COC(=O)c1cc(Cl)c(N)cc1OC)Cc1c[nH]c2ccccc12. The number of nitrogens with two attached hydrogens (primary N) is 1. The number of carbonyl (C=O) groups excluding carboxylic acids is 2. The molecule has 0 spiro atoms. The van der Waals surface area contributed by atoms with E-state index in [9.17, 15) is 9.59 Å². The molecule has 0 fully saturated rings. The fourth-order valence-electron chi connectivity index (χ4n) is 3.27. The summed E-state index contributed by atoms with van der Waals surface area (Å²) in [7, 11) is 1.43. The first-order valence-corrected chi connectivity index (χ1v) is 10.2. The molecule has 8 nitrogen and oxygen atoms in total. The number of aromatic nitrogens is 1. The van der Waals surface area contributed by atoms with Gasteiger partial charge in [0.1, 0.15) is 17.9 Å². The largest absolute Gasteiger partial charge is 0.496 e. The Morgan fingerprint density at radius 1 is 1.26 bits per heavy atom. The quantitative estimate of drug-likeness (QED) is 0.313. The predicted octanol–water partition coefficient (Wildman–Crippen LogP) is 3.50. The molecule has 0 saturated carbocycles.